The summed E-state index contributed by atoms with van der Waals surface area (Å²) in [7, 11) is 0.100. The monoisotopic (exact) mass is 484 g/mol. The molecule has 0 aliphatic carbocycles. The largest absolute Gasteiger partial charge is 0.462 e. The zero-order chi connectivity index (χ0) is 25.6. The van der Waals surface area contributed by atoms with Crippen LogP contribution < -0.4 is 9.05 Å². The minimum absolute atomic E-state index is 0.0405. The van der Waals surface area contributed by atoms with E-state index < -0.39 is 8.60 Å². The molecule has 0 spiro atoms. The van der Waals surface area contributed by atoms with Crippen molar-refractivity contribution >= 4 is 8.60 Å². The van der Waals surface area contributed by atoms with Gasteiger partial charge in [0.1, 0.15) is 11.5 Å². The molecular weight excluding hydrogens is 439 g/mol. The summed E-state index contributed by atoms with van der Waals surface area (Å²) in [6.07, 6.45) is 1.83. The van der Waals surface area contributed by atoms with Gasteiger partial charge in [0.2, 0.25) is 0 Å². The van der Waals surface area contributed by atoms with Crippen LogP contribution in [0.3, 0.4) is 0 Å². The lowest BCUT2D eigenvalue weighted by Crippen LogP contribution is -2.21. The lowest BCUT2D eigenvalue weighted by molar-refractivity contribution is 0.313. The summed E-state index contributed by atoms with van der Waals surface area (Å²) < 4.78 is 18.9. The summed E-state index contributed by atoms with van der Waals surface area (Å²) in [5.41, 5.74) is 7.49. The molecule has 0 aromatic heterocycles. The summed E-state index contributed by atoms with van der Waals surface area (Å²) in [6.45, 7) is 24.9. The third kappa shape index (κ3) is 5.97. The molecule has 2 aromatic carbocycles. The van der Waals surface area contributed by atoms with Crippen LogP contribution in [0.4, 0.5) is 0 Å². The Balaban J connectivity index is 2.34. The standard InChI is InChI=1S/C30H45O3P/c1-19(2)13-20-14-21-16-22-17-23(28(3,4)5)18-25(30(9,10)11)27(22)33-34(31-12)32-26(21)24(15-20)29(6,7)8/h14-15,17-19H,13,16H2,1-12H3. The first-order chi connectivity index (χ1) is 15.5. The van der Waals surface area contributed by atoms with Gasteiger partial charge in [0.05, 0.1) is 0 Å². The van der Waals surface area contributed by atoms with E-state index in [1.807, 2.05) is 0 Å². The van der Waals surface area contributed by atoms with Gasteiger partial charge in [-0.25, -0.2) is 0 Å². The molecule has 0 bridgehead atoms. The predicted octanol–water partition coefficient (Wildman–Crippen LogP) is 9.01. The summed E-state index contributed by atoms with van der Waals surface area (Å²) >= 11 is 0. The minimum Gasteiger partial charge on any atom is -0.417 e. The van der Waals surface area contributed by atoms with E-state index in [2.05, 4.69) is 100 Å². The Morgan fingerprint density at radius 3 is 1.71 bits per heavy atom. The first-order valence-corrected chi connectivity index (χ1v) is 13.6. The zero-order valence-electron chi connectivity index (χ0n) is 23.5. The van der Waals surface area contributed by atoms with Crippen LogP contribution in [0.15, 0.2) is 24.3 Å². The van der Waals surface area contributed by atoms with Gasteiger partial charge in [-0.05, 0) is 50.8 Å². The first-order valence-electron chi connectivity index (χ1n) is 12.5. The number of hydrogen-bond donors (Lipinski definition) is 0. The van der Waals surface area contributed by atoms with Crippen LogP contribution in [0, 0.1) is 5.92 Å². The van der Waals surface area contributed by atoms with Crippen LogP contribution >= 0.6 is 8.60 Å². The van der Waals surface area contributed by atoms with Gasteiger partial charge in [-0.1, -0.05) is 100 Å². The maximum Gasteiger partial charge on any atom is 0.462 e. The van der Waals surface area contributed by atoms with Crippen LogP contribution in [-0.2, 0) is 33.6 Å². The topological polar surface area (TPSA) is 27.7 Å². The minimum atomic E-state index is -1.58. The molecule has 4 heteroatoms. The fourth-order valence-electron chi connectivity index (χ4n) is 4.51. The Morgan fingerprint density at radius 2 is 1.26 bits per heavy atom. The number of hydrogen-bond acceptors (Lipinski definition) is 3. The molecule has 1 atom stereocenters. The molecule has 188 valence electrons. The van der Waals surface area contributed by atoms with Crippen molar-refractivity contribution in [2.45, 2.75) is 105 Å². The molecule has 1 unspecified atom stereocenters. The van der Waals surface area contributed by atoms with Crippen molar-refractivity contribution in [1.29, 1.82) is 0 Å². The summed E-state index contributed by atoms with van der Waals surface area (Å²) in [4.78, 5) is 0. The van der Waals surface area contributed by atoms with Crippen LogP contribution in [0.1, 0.15) is 110 Å². The maximum absolute atomic E-state index is 6.55. The van der Waals surface area contributed by atoms with Crippen molar-refractivity contribution in [2.24, 2.45) is 5.92 Å². The molecule has 1 aliphatic rings. The molecule has 1 heterocycles. The van der Waals surface area contributed by atoms with Gasteiger partial charge in [-0.15, -0.1) is 0 Å². The second-order valence-electron chi connectivity index (χ2n) is 13.3. The Labute approximate surface area is 209 Å². The van der Waals surface area contributed by atoms with Gasteiger partial charge in [0.15, 0.2) is 0 Å². The van der Waals surface area contributed by atoms with Gasteiger partial charge in [0.25, 0.3) is 0 Å². The number of rotatable bonds is 3. The SMILES string of the molecule is COP1Oc2c(cc(CC(C)C)cc2C(C)(C)C)Cc2cc(C(C)(C)C)cc(C(C)(C)C)c2O1. The highest BCUT2D eigenvalue weighted by Crippen LogP contribution is 2.52. The van der Waals surface area contributed by atoms with E-state index in [0.29, 0.717) is 5.92 Å². The van der Waals surface area contributed by atoms with Crippen LogP contribution in [0.2, 0.25) is 0 Å². The van der Waals surface area contributed by atoms with Crippen LogP contribution in [-0.4, -0.2) is 7.11 Å². The fraction of sp³-hybridized carbons (Fsp3) is 0.600. The van der Waals surface area contributed by atoms with E-state index in [-0.39, 0.29) is 16.2 Å². The van der Waals surface area contributed by atoms with Crippen molar-refractivity contribution < 1.29 is 13.6 Å². The normalized spacial score (nSPS) is 16.8. The average Bonchev–Trinajstić information content (AvgIpc) is 2.64. The van der Waals surface area contributed by atoms with Crippen LogP contribution in [0.5, 0.6) is 11.5 Å². The fourth-order valence-corrected chi connectivity index (χ4v) is 5.42. The van der Waals surface area contributed by atoms with Gasteiger partial charge in [0, 0.05) is 24.7 Å². The molecule has 0 saturated carbocycles. The lowest BCUT2D eigenvalue weighted by atomic mass is 9.77. The van der Waals surface area contributed by atoms with E-state index in [4.69, 9.17) is 13.6 Å². The molecule has 34 heavy (non-hydrogen) atoms. The maximum atomic E-state index is 6.55. The van der Waals surface area contributed by atoms with Crippen molar-refractivity contribution in [1.82, 2.24) is 0 Å². The van der Waals surface area contributed by atoms with Crippen molar-refractivity contribution in [2.75, 3.05) is 7.11 Å². The molecule has 0 N–H and O–H groups in total. The summed E-state index contributed by atoms with van der Waals surface area (Å²) in [5, 5.41) is 0. The van der Waals surface area contributed by atoms with Gasteiger partial charge in [-0.3, -0.25) is 4.52 Å². The Hall–Kier alpha value is -1.57. The van der Waals surface area contributed by atoms with E-state index >= 15 is 0 Å². The Morgan fingerprint density at radius 1 is 0.765 bits per heavy atom. The lowest BCUT2D eigenvalue weighted by Gasteiger charge is -2.33. The predicted molar refractivity (Wildman–Crippen MR) is 146 cm³/mol. The van der Waals surface area contributed by atoms with Gasteiger partial charge in [-0.2, -0.15) is 0 Å². The number of benzene rings is 2. The van der Waals surface area contributed by atoms with Crippen molar-refractivity contribution in [3.05, 3.63) is 57.6 Å². The van der Waals surface area contributed by atoms with Gasteiger partial charge >= 0.3 is 8.60 Å². The first kappa shape index (κ1) is 27.0. The molecule has 0 amide bonds. The smallest absolute Gasteiger partial charge is 0.417 e. The molecule has 2 aromatic rings. The number of fused-ring (bicyclic) bond motifs is 2. The molecule has 1 aliphatic heterocycles. The van der Waals surface area contributed by atoms with Crippen molar-refractivity contribution in [3.8, 4) is 11.5 Å². The van der Waals surface area contributed by atoms with Gasteiger partial charge < -0.3 is 9.05 Å². The van der Waals surface area contributed by atoms with E-state index in [1.165, 1.54) is 33.4 Å². The molecular formula is C30H45O3P. The summed E-state index contributed by atoms with van der Waals surface area (Å²) in [6, 6.07) is 9.34. The molecule has 0 fully saturated rings. The molecule has 3 rings (SSSR count). The molecule has 0 saturated heterocycles. The second kappa shape index (κ2) is 9.47. The summed E-state index contributed by atoms with van der Waals surface area (Å²) in [5.74, 6) is 2.44. The average molecular weight is 485 g/mol. The van der Waals surface area contributed by atoms with E-state index in [1.54, 1.807) is 7.11 Å². The van der Waals surface area contributed by atoms with E-state index in [0.717, 1.165) is 24.3 Å². The highest BCUT2D eigenvalue weighted by molar-refractivity contribution is 7.42. The third-order valence-electron chi connectivity index (χ3n) is 6.38. The van der Waals surface area contributed by atoms with Crippen LogP contribution in [0.25, 0.3) is 0 Å². The zero-order valence-corrected chi connectivity index (χ0v) is 24.4. The van der Waals surface area contributed by atoms with Crippen molar-refractivity contribution in [3.63, 3.8) is 0 Å². The second-order valence-corrected chi connectivity index (χ2v) is 14.4. The highest BCUT2D eigenvalue weighted by atomic mass is 31.2. The van der Waals surface area contributed by atoms with E-state index in [9.17, 15) is 0 Å². The Bertz CT molecular complexity index is 1030. The quantitative estimate of drug-likeness (QED) is 0.407. The molecule has 0 radical (unpaired) electrons. The molecule has 3 nitrogen and oxygen atoms in total. The Kier molecular flexibility index (Phi) is 7.53. The highest BCUT2D eigenvalue weighted by Gasteiger charge is 2.33. The third-order valence-corrected chi connectivity index (χ3v) is 7.34.